The van der Waals surface area contributed by atoms with E-state index in [9.17, 15) is 42.9 Å². The van der Waals surface area contributed by atoms with Crippen LogP contribution in [0.3, 0.4) is 0 Å². The van der Waals surface area contributed by atoms with Gasteiger partial charge in [-0.05, 0) is 23.7 Å². The first-order valence-electron chi connectivity index (χ1n) is 23.2. The van der Waals surface area contributed by atoms with Gasteiger partial charge in [0.25, 0.3) is 11.1 Å². The summed E-state index contributed by atoms with van der Waals surface area (Å²) in [5.74, 6) is -1.80. The van der Waals surface area contributed by atoms with Crippen molar-refractivity contribution in [2.24, 2.45) is 11.8 Å². The normalized spacial score (nSPS) is 28.1. The average molecular weight is 1080 g/mol. The molecule has 0 spiro atoms. The van der Waals surface area contributed by atoms with Gasteiger partial charge in [-0.3, -0.25) is 56.7 Å². The molecule has 1 aromatic carbocycles. The zero-order valence-corrected chi connectivity index (χ0v) is 44.0. The molecule has 2 unspecified atom stereocenters. The van der Waals surface area contributed by atoms with Crippen molar-refractivity contribution in [2.45, 2.75) is 129 Å². The number of carbonyl (C=O) groups is 3. The Morgan fingerprint density at radius 3 is 2.00 bits per heavy atom. The van der Waals surface area contributed by atoms with Crippen molar-refractivity contribution < 1.29 is 70.0 Å². The zero-order valence-electron chi connectivity index (χ0n) is 41.2. The molecule has 30 heteroatoms. The second-order valence-corrected chi connectivity index (χ2v) is 27.5. The number of hydrogen-bond donors (Lipinski definition) is 6. The monoisotopic (exact) mass is 1080 g/mol. The van der Waals surface area contributed by atoms with E-state index in [1.807, 2.05) is 33.9 Å². The molecule has 0 aliphatic carbocycles. The fraction of sp³-hybridized carbons (Fsp3) is 0.558. The molecule has 0 saturated carbocycles. The number of amides is 2. The maximum absolute atomic E-state index is 14.3. The first kappa shape index (κ1) is 53.9. The van der Waals surface area contributed by atoms with Crippen molar-refractivity contribution in [1.29, 1.82) is 0 Å². The summed E-state index contributed by atoms with van der Waals surface area (Å²) in [5, 5.41) is 4.61. The lowest BCUT2D eigenvalue weighted by Crippen LogP contribution is -2.49. The van der Waals surface area contributed by atoms with Gasteiger partial charge in [-0.25, -0.2) is 28.9 Å². The van der Waals surface area contributed by atoms with Gasteiger partial charge in [0.05, 0.1) is 32.3 Å². The van der Waals surface area contributed by atoms with Crippen LogP contribution in [0.25, 0.3) is 22.3 Å². The number of ketones is 1. The number of benzene rings is 1. The van der Waals surface area contributed by atoms with Gasteiger partial charge < -0.3 is 38.7 Å². The maximum Gasteiger partial charge on any atom is 0.472 e. The minimum absolute atomic E-state index is 0.0359. The molecular weight excluding hydrogens is 1020 g/mol. The summed E-state index contributed by atoms with van der Waals surface area (Å²) in [7, 11) is -13.6. The first-order chi connectivity index (χ1) is 34.2. The summed E-state index contributed by atoms with van der Waals surface area (Å²) in [6, 6.07) is 7.05. The largest absolute Gasteiger partial charge is 0.472 e. The third kappa shape index (κ3) is 11.8. The molecule has 3 fully saturated rings. The number of aromatic nitrogens is 8. The summed E-state index contributed by atoms with van der Waals surface area (Å²) in [6.45, 7) is 14.3. The standard InChI is InChI=1S/C43H58N10O17P2Si/c1-21(2)24(54)15-27-46-34-29(37(56)47-27)45-20-53(34)40-33(70-73(8,9)43(5,6)7)32-26(67-40)18-65-71(59,60)68-31-25(17-64-72(61,62)69-32)66-39(28(31)48-42(58)63-16-23-13-11-10-12-14-23)52-19-44-30-35(52)49-41(51-38(30)57)50-36(55)22(3)4/h10-14,19-22,25-26,28,31-33,39-40H,15-18H2,1-9H3,(H,48,58)(H,59,60)(H,61,62)(H,46,47,56)(H2,49,50,51,55,57)/t25-,26-,28-,31-,32-,33-,39-,40-/m1/s1. The van der Waals surface area contributed by atoms with Gasteiger partial charge in [0.1, 0.15) is 54.8 Å². The summed E-state index contributed by atoms with van der Waals surface area (Å²) in [5.41, 5.74) is -1.42. The van der Waals surface area contributed by atoms with E-state index in [-0.39, 0.29) is 58.8 Å². The van der Waals surface area contributed by atoms with Gasteiger partial charge in [-0.2, -0.15) is 4.98 Å². The Morgan fingerprint density at radius 2 is 1.40 bits per heavy atom. The lowest BCUT2D eigenvalue weighted by atomic mass is 10.1. The summed E-state index contributed by atoms with van der Waals surface area (Å²) in [4.78, 5) is 111. The molecule has 5 aromatic rings. The Balaban J connectivity index is 1.16. The smallest absolute Gasteiger partial charge is 0.445 e. The van der Waals surface area contributed by atoms with Crippen molar-refractivity contribution >= 4 is 70.0 Å². The predicted octanol–water partition coefficient (Wildman–Crippen LogP) is 4.11. The highest BCUT2D eigenvalue weighted by Crippen LogP contribution is 2.55. The van der Waals surface area contributed by atoms with E-state index < -0.39 is 120 Å². The van der Waals surface area contributed by atoms with Crippen molar-refractivity contribution in [1.82, 2.24) is 44.4 Å². The molecule has 7 heterocycles. The number of ether oxygens (including phenoxy) is 3. The fourth-order valence-electron chi connectivity index (χ4n) is 7.88. The average Bonchev–Trinajstić information content (AvgIpc) is 4.08. The Bertz CT molecular complexity index is 3100. The molecule has 4 aromatic heterocycles. The Kier molecular flexibility index (Phi) is 15.3. The molecule has 6 N–H and O–H groups in total. The van der Waals surface area contributed by atoms with E-state index in [0.29, 0.717) is 5.56 Å². The van der Waals surface area contributed by atoms with E-state index >= 15 is 0 Å². The molecule has 0 radical (unpaired) electrons. The molecule has 27 nitrogen and oxygen atoms in total. The van der Waals surface area contributed by atoms with Gasteiger partial charge in [0, 0.05) is 11.8 Å². The number of hydrogen-bond acceptors (Lipinski definition) is 19. The minimum Gasteiger partial charge on any atom is -0.445 e. The number of aromatic amines is 2. The van der Waals surface area contributed by atoms with Crippen LogP contribution in [-0.4, -0.2) is 125 Å². The Morgan fingerprint density at radius 1 is 0.836 bits per heavy atom. The topological polar surface area (TPSA) is 351 Å². The summed E-state index contributed by atoms with van der Waals surface area (Å²) in [6.07, 6.45) is -9.76. The molecule has 73 heavy (non-hydrogen) atoms. The van der Waals surface area contributed by atoms with Crippen LogP contribution < -0.4 is 21.8 Å². The number of anilines is 1. The quantitative estimate of drug-likeness (QED) is 0.0756. The van der Waals surface area contributed by atoms with Crippen molar-refractivity contribution in [3.63, 3.8) is 0 Å². The zero-order chi connectivity index (χ0) is 52.9. The number of phosphoric acid groups is 2. The van der Waals surface area contributed by atoms with Gasteiger partial charge in [-0.1, -0.05) is 78.8 Å². The predicted molar refractivity (Wildman–Crippen MR) is 258 cm³/mol. The Hall–Kier alpha value is -5.35. The van der Waals surface area contributed by atoms with E-state index in [4.69, 9.17) is 36.7 Å². The van der Waals surface area contributed by atoms with Crippen molar-refractivity contribution in [3.05, 3.63) is 75.1 Å². The van der Waals surface area contributed by atoms with Crippen LogP contribution in [0.5, 0.6) is 0 Å². The van der Waals surface area contributed by atoms with Crippen LogP contribution in [0.1, 0.15) is 72.3 Å². The highest BCUT2D eigenvalue weighted by molar-refractivity contribution is 7.47. The molecule has 3 aliphatic heterocycles. The molecule has 10 atom stereocenters. The second kappa shape index (κ2) is 20.8. The molecule has 8 rings (SSSR count). The second-order valence-electron chi connectivity index (χ2n) is 19.9. The highest BCUT2D eigenvalue weighted by Gasteiger charge is 2.57. The van der Waals surface area contributed by atoms with Crippen molar-refractivity contribution in [2.75, 3.05) is 18.5 Å². The van der Waals surface area contributed by atoms with Crippen LogP contribution in [-0.2, 0) is 68.5 Å². The number of fused-ring (bicyclic) bond motifs is 4. The number of alkyl carbamates (subject to hydrolysis) is 1. The van der Waals surface area contributed by atoms with Gasteiger partial charge in [0.15, 0.2) is 43.1 Å². The minimum atomic E-state index is -5.35. The molecule has 0 bridgehead atoms. The molecule has 3 aliphatic rings. The van der Waals surface area contributed by atoms with Crippen LogP contribution in [0.2, 0.25) is 18.1 Å². The molecule has 396 valence electrons. The number of imidazole rings is 2. The number of H-pyrrole nitrogens is 2. The third-order valence-electron chi connectivity index (χ3n) is 12.9. The van der Waals surface area contributed by atoms with Crippen LogP contribution in [0.4, 0.5) is 10.7 Å². The Labute approximate surface area is 417 Å². The van der Waals surface area contributed by atoms with E-state index in [1.165, 1.54) is 15.5 Å². The van der Waals surface area contributed by atoms with Crippen LogP contribution >= 0.6 is 15.6 Å². The SMILES string of the molecule is CC(C)C(=O)Cc1nc2c(ncn2[C@@H]2O[C@@H]3COP(=O)(O)O[C@H]4[C@@H](NC(=O)OCc5ccccc5)[C@H](n5cnc6c(=O)[nH]c(NC(=O)C(C)C)nc65)O[C@@H]4COP(=O)(O)O[C@H]3[C@H]2O[Si](C)(C)C(C)(C)C)c(=O)[nH]1. The molecule has 2 amide bonds. The van der Waals surface area contributed by atoms with Gasteiger partial charge in [-0.15, -0.1) is 0 Å². The number of carbonyl (C=O) groups excluding carboxylic acids is 3. The van der Waals surface area contributed by atoms with E-state index in [1.54, 1.807) is 58.0 Å². The summed E-state index contributed by atoms with van der Waals surface area (Å²) >= 11 is 0. The number of rotatable bonds is 12. The number of nitrogens with zero attached hydrogens (tertiary/aromatic N) is 6. The lowest BCUT2D eigenvalue weighted by Gasteiger charge is -2.40. The first-order valence-corrected chi connectivity index (χ1v) is 29.1. The molecule has 3 saturated heterocycles. The maximum atomic E-state index is 14.3. The van der Waals surface area contributed by atoms with Gasteiger partial charge in [0.2, 0.25) is 11.9 Å². The van der Waals surface area contributed by atoms with Crippen molar-refractivity contribution in [3.8, 4) is 0 Å². The number of Topliss-reactive ketones (excluding diaryl/α,β-unsaturated/α-hetero) is 1. The van der Waals surface area contributed by atoms with E-state index in [2.05, 4.69) is 40.5 Å². The molecular formula is C43H58N10O17P2Si. The lowest BCUT2D eigenvalue weighted by molar-refractivity contribution is -0.121. The van der Waals surface area contributed by atoms with Crippen LogP contribution in [0.15, 0.2) is 52.6 Å². The number of phosphoric ester groups is 2. The third-order valence-corrected chi connectivity index (χ3v) is 19.3. The summed E-state index contributed by atoms with van der Waals surface area (Å²) < 4.78 is 79.3. The van der Waals surface area contributed by atoms with Crippen LogP contribution in [0, 0.1) is 11.8 Å². The number of nitrogens with one attached hydrogen (secondary N) is 4. The fourth-order valence-corrected chi connectivity index (χ4v) is 11.1. The van der Waals surface area contributed by atoms with E-state index in [0.717, 1.165) is 6.33 Å². The van der Waals surface area contributed by atoms with Gasteiger partial charge >= 0.3 is 21.7 Å². The highest BCUT2D eigenvalue weighted by atomic mass is 31.2.